The molecule has 160 valence electrons. The van der Waals surface area contributed by atoms with Crippen molar-refractivity contribution in [1.29, 1.82) is 0 Å². The van der Waals surface area contributed by atoms with Crippen LogP contribution in [-0.2, 0) is 24.3 Å². The van der Waals surface area contributed by atoms with Crippen molar-refractivity contribution in [3.63, 3.8) is 0 Å². The van der Waals surface area contributed by atoms with Gasteiger partial charge in [0.25, 0.3) is 5.91 Å². The molecule has 1 aromatic carbocycles. The SMILES string of the molecule is CCC1CCCCN1C(=O)C(C)OC(=O)CNS(=O)(=O)c1ccc(C(C)=O)cc1. The third-order valence-corrected chi connectivity index (χ3v) is 6.43. The van der Waals surface area contributed by atoms with Crippen molar-refractivity contribution in [2.24, 2.45) is 0 Å². The Bertz CT molecular complexity index is 850. The normalized spacial score (nSPS) is 18.2. The molecule has 1 aliphatic rings. The molecular weight excluding hydrogens is 396 g/mol. The number of ketones is 1. The molecule has 1 fully saturated rings. The van der Waals surface area contributed by atoms with Gasteiger partial charge in [0.2, 0.25) is 10.0 Å². The number of likely N-dealkylation sites (tertiary alicyclic amines) is 1. The highest BCUT2D eigenvalue weighted by Crippen LogP contribution is 2.20. The Kier molecular flexibility index (Phi) is 7.92. The molecule has 0 aliphatic carbocycles. The predicted molar refractivity (Wildman–Crippen MR) is 107 cm³/mol. The molecule has 2 rings (SSSR count). The van der Waals surface area contributed by atoms with Gasteiger partial charge in [-0.1, -0.05) is 19.1 Å². The van der Waals surface area contributed by atoms with E-state index in [1.165, 1.54) is 38.1 Å². The number of carbonyl (C=O) groups is 3. The Morgan fingerprint density at radius 1 is 1.21 bits per heavy atom. The number of piperidine rings is 1. The van der Waals surface area contributed by atoms with Crippen LogP contribution in [0.5, 0.6) is 0 Å². The number of nitrogens with one attached hydrogen (secondary N) is 1. The molecule has 1 heterocycles. The molecule has 0 bridgehead atoms. The summed E-state index contributed by atoms with van der Waals surface area (Å²) in [7, 11) is -3.94. The van der Waals surface area contributed by atoms with E-state index in [1.807, 2.05) is 6.92 Å². The van der Waals surface area contributed by atoms with Crippen molar-refractivity contribution in [3.8, 4) is 0 Å². The Morgan fingerprint density at radius 2 is 1.86 bits per heavy atom. The van der Waals surface area contributed by atoms with E-state index in [-0.39, 0.29) is 22.6 Å². The average molecular weight is 425 g/mol. The molecule has 2 atom stereocenters. The summed E-state index contributed by atoms with van der Waals surface area (Å²) in [5.74, 6) is -1.27. The summed E-state index contributed by atoms with van der Waals surface area (Å²) in [6.07, 6.45) is 2.80. The number of esters is 1. The van der Waals surface area contributed by atoms with Crippen molar-refractivity contribution < 1.29 is 27.5 Å². The van der Waals surface area contributed by atoms with Gasteiger partial charge in [-0.15, -0.1) is 0 Å². The van der Waals surface area contributed by atoms with Crippen LogP contribution in [0.3, 0.4) is 0 Å². The van der Waals surface area contributed by atoms with Gasteiger partial charge in [0.05, 0.1) is 4.90 Å². The molecule has 1 aromatic rings. The maximum atomic E-state index is 12.6. The van der Waals surface area contributed by atoms with E-state index < -0.39 is 28.6 Å². The molecule has 1 aliphatic heterocycles. The summed E-state index contributed by atoms with van der Waals surface area (Å²) in [6, 6.07) is 5.53. The second kappa shape index (κ2) is 9.98. The highest BCUT2D eigenvalue weighted by Gasteiger charge is 2.30. The van der Waals surface area contributed by atoms with Gasteiger partial charge in [-0.2, -0.15) is 4.72 Å². The van der Waals surface area contributed by atoms with Gasteiger partial charge in [0.15, 0.2) is 11.9 Å². The molecule has 0 aromatic heterocycles. The molecule has 1 saturated heterocycles. The van der Waals surface area contributed by atoms with E-state index in [2.05, 4.69) is 4.72 Å². The minimum atomic E-state index is -3.94. The molecule has 29 heavy (non-hydrogen) atoms. The first kappa shape index (κ1) is 23.0. The maximum absolute atomic E-state index is 12.6. The fourth-order valence-electron chi connectivity index (χ4n) is 3.34. The lowest BCUT2D eigenvalue weighted by Gasteiger charge is -2.36. The first-order chi connectivity index (χ1) is 13.7. The second-order valence-corrected chi connectivity index (χ2v) is 8.89. The van der Waals surface area contributed by atoms with Crippen LogP contribution < -0.4 is 4.72 Å². The van der Waals surface area contributed by atoms with Gasteiger partial charge in [-0.3, -0.25) is 14.4 Å². The number of benzene rings is 1. The number of nitrogens with zero attached hydrogens (tertiary/aromatic N) is 1. The van der Waals surface area contributed by atoms with Gasteiger partial charge < -0.3 is 9.64 Å². The molecule has 2 unspecified atom stereocenters. The first-order valence-electron chi connectivity index (χ1n) is 9.76. The third-order valence-electron chi connectivity index (χ3n) is 5.02. The van der Waals surface area contributed by atoms with Crippen molar-refractivity contribution in [3.05, 3.63) is 29.8 Å². The van der Waals surface area contributed by atoms with Gasteiger partial charge in [-0.05, 0) is 51.7 Å². The fraction of sp³-hybridized carbons (Fsp3) is 0.550. The van der Waals surface area contributed by atoms with Crippen LogP contribution in [-0.4, -0.2) is 56.2 Å². The van der Waals surface area contributed by atoms with Gasteiger partial charge >= 0.3 is 5.97 Å². The molecule has 1 N–H and O–H groups in total. The summed E-state index contributed by atoms with van der Waals surface area (Å²) in [5.41, 5.74) is 0.388. The van der Waals surface area contributed by atoms with E-state index in [1.54, 1.807) is 4.90 Å². The molecule has 1 amide bonds. The lowest BCUT2D eigenvalue weighted by molar-refractivity contribution is -0.160. The first-order valence-corrected chi connectivity index (χ1v) is 11.2. The summed E-state index contributed by atoms with van der Waals surface area (Å²) in [5, 5.41) is 0. The minimum Gasteiger partial charge on any atom is -0.452 e. The van der Waals surface area contributed by atoms with Crippen molar-refractivity contribution in [2.45, 2.75) is 63.5 Å². The number of hydrogen-bond acceptors (Lipinski definition) is 6. The smallest absolute Gasteiger partial charge is 0.321 e. The van der Waals surface area contributed by atoms with E-state index >= 15 is 0 Å². The third kappa shape index (κ3) is 6.11. The summed E-state index contributed by atoms with van der Waals surface area (Å²) in [4.78, 5) is 37.6. The summed E-state index contributed by atoms with van der Waals surface area (Å²) < 4.78 is 31.9. The van der Waals surface area contributed by atoms with Crippen LogP contribution in [0.15, 0.2) is 29.2 Å². The molecule has 0 saturated carbocycles. The van der Waals surface area contributed by atoms with Crippen molar-refractivity contribution >= 4 is 27.7 Å². The van der Waals surface area contributed by atoms with E-state index in [9.17, 15) is 22.8 Å². The van der Waals surface area contributed by atoms with Crippen LogP contribution in [0.4, 0.5) is 0 Å². The number of Topliss-reactive ketones (excluding diaryl/α,β-unsaturated/α-hetero) is 1. The van der Waals surface area contributed by atoms with Gasteiger partial charge in [0.1, 0.15) is 6.54 Å². The summed E-state index contributed by atoms with van der Waals surface area (Å²) in [6.45, 7) is 4.95. The lowest BCUT2D eigenvalue weighted by Crippen LogP contribution is -2.48. The molecular formula is C20H28N2O6S. The number of ether oxygens (including phenoxy) is 1. The second-order valence-electron chi connectivity index (χ2n) is 7.13. The summed E-state index contributed by atoms with van der Waals surface area (Å²) >= 11 is 0. The van der Waals surface area contributed by atoms with Gasteiger partial charge in [0, 0.05) is 18.2 Å². The number of hydrogen-bond donors (Lipinski definition) is 1. The lowest BCUT2D eigenvalue weighted by atomic mass is 9.99. The number of sulfonamides is 1. The number of rotatable bonds is 8. The largest absolute Gasteiger partial charge is 0.452 e. The molecule has 0 radical (unpaired) electrons. The van der Waals surface area contributed by atoms with Crippen LogP contribution in [0, 0.1) is 0 Å². The highest BCUT2D eigenvalue weighted by atomic mass is 32.2. The number of amides is 1. The topological polar surface area (TPSA) is 110 Å². The molecule has 9 heteroatoms. The van der Waals surface area contributed by atoms with E-state index in [0.717, 1.165) is 25.7 Å². The zero-order valence-corrected chi connectivity index (χ0v) is 17.8. The fourth-order valence-corrected chi connectivity index (χ4v) is 4.31. The maximum Gasteiger partial charge on any atom is 0.321 e. The Labute approximate surface area is 171 Å². The van der Waals surface area contributed by atoms with E-state index in [4.69, 9.17) is 4.74 Å². The Balaban J connectivity index is 1.91. The predicted octanol–water partition coefficient (Wildman–Crippen LogP) is 1.89. The Morgan fingerprint density at radius 3 is 2.45 bits per heavy atom. The zero-order valence-electron chi connectivity index (χ0n) is 17.0. The van der Waals surface area contributed by atoms with Crippen molar-refractivity contribution in [2.75, 3.05) is 13.1 Å². The van der Waals surface area contributed by atoms with Crippen LogP contribution in [0.1, 0.15) is 56.8 Å². The quantitative estimate of drug-likeness (QED) is 0.504. The van der Waals surface area contributed by atoms with Crippen LogP contribution in [0.2, 0.25) is 0 Å². The monoisotopic (exact) mass is 424 g/mol. The average Bonchev–Trinajstić information content (AvgIpc) is 2.71. The molecule has 0 spiro atoms. The Hall–Kier alpha value is -2.26. The van der Waals surface area contributed by atoms with E-state index in [0.29, 0.717) is 12.1 Å². The van der Waals surface area contributed by atoms with Crippen molar-refractivity contribution in [1.82, 2.24) is 9.62 Å². The number of carbonyl (C=O) groups excluding carboxylic acids is 3. The standard InChI is InChI=1S/C20H28N2O6S/c1-4-17-7-5-6-12-22(17)20(25)15(3)28-19(24)13-21-29(26,27)18-10-8-16(9-11-18)14(2)23/h8-11,15,17,21H,4-7,12-13H2,1-3H3. The van der Waals surface area contributed by atoms with Crippen LogP contribution in [0.25, 0.3) is 0 Å². The van der Waals surface area contributed by atoms with Gasteiger partial charge in [-0.25, -0.2) is 8.42 Å². The minimum absolute atomic E-state index is 0.0708. The zero-order chi connectivity index (χ0) is 21.6. The highest BCUT2D eigenvalue weighted by molar-refractivity contribution is 7.89. The molecule has 8 nitrogen and oxygen atoms in total. The van der Waals surface area contributed by atoms with Crippen LogP contribution >= 0.6 is 0 Å².